The molecule has 6 rings (SSSR count). The number of nitrogens with zero attached hydrogens (tertiary/aromatic N) is 4. The van der Waals surface area contributed by atoms with Crippen molar-refractivity contribution in [1.82, 2.24) is 25.0 Å². The fourth-order valence-corrected chi connectivity index (χ4v) is 7.71. The smallest absolute Gasteiger partial charge is 0.349 e. The summed E-state index contributed by atoms with van der Waals surface area (Å²) in [6.45, 7) is 2.49. The van der Waals surface area contributed by atoms with Gasteiger partial charge < -0.3 is 5.32 Å². The van der Waals surface area contributed by atoms with Gasteiger partial charge in [0, 0.05) is 42.6 Å². The highest BCUT2D eigenvalue weighted by molar-refractivity contribution is 7.12. The molecule has 3 aromatic rings. The van der Waals surface area contributed by atoms with Crippen LogP contribution in [-0.4, -0.2) is 50.9 Å². The average molecular weight is 546 g/mol. The van der Waals surface area contributed by atoms with Crippen molar-refractivity contribution in [2.45, 2.75) is 82.0 Å². The fourth-order valence-electron chi connectivity index (χ4n) is 6.38. The minimum atomic E-state index is -4.21. The number of benzene rings is 1. The third-order valence-electron chi connectivity index (χ3n) is 8.91. The highest BCUT2D eigenvalue weighted by Crippen LogP contribution is 2.55. The van der Waals surface area contributed by atoms with Crippen molar-refractivity contribution < 1.29 is 18.0 Å². The molecule has 204 valence electrons. The average Bonchev–Trinajstić information content (AvgIpc) is 3.43. The summed E-state index contributed by atoms with van der Waals surface area (Å²) in [5.41, 5.74) is 0.663. The molecule has 10 heteroatoms. The van der Waals surface area contributed by atoms with Crippen LogP contribution in [0.2, 0.25) is 0 Å². The lowest BCUT2D eigenvalue weighted by atomic mass is 9.68. The number of hydrogen-bond acceptors (Lipinski definition) is 5. The van der Waals surface area contributed by atoms with Gasteiger partial charge in [0.25, 0.3) is 5.91 Å². The number of nitrogens with one attached hydrogen (secondary N) is 1. The van der Waals surface area contributed by atoms with Crippen molar-refractivity contribution in [3.05, 3.63) is 45.5 Å². The van der Waals surface area contributed by atoms with E-state index >= 15 is 0 Å². The van der Waals surface area contributed by atoms with Crippen LogP contribution in [0.15, 0.2) is 24.4 Å². The van der Waals surface area contributed by atoms with Crippen LogP contribution in [0.4, 0.5) is 13.2 Å². The normalized spacial score (nSPS) is 23.7. The third kappa shape index (κ3) is 4.74. The molecule has 2 saturated carbocycles. The molecule has 1 N–H and O–H groups in total. The molecule has 6 nitrogen and oxygen atoms in total. The number of aromatic nitrogens is 3. The van der Waals surface area contributed by atoms with E-state index in [-0.39, 0.29) is 24.8 Å². The Morgan fingerprint density at radius 2 is 2.00 bits per heavy atom. The molecule has 0 radical (unpaired) electrons. The molecule has 0 unspecified atom stereocenters. The Labute approximate surface area is 224 Å². The summed E-state index contributed by atoms with van der Waals surface area (Å²) in [5.74, 6) is 0.578. The molecule has 0 spiro atoms. The summed E-state index contributed by atoms with van der Waals surface area (Å²) in [4.78, 5) is 20.9. The first-order chi connectivity index (χ1) is 18.2. The number of fused-ring (bicyclic) bond motifs is 2. The SMILES string of the molecule is Cn1cc2c(C(=O)NC3CCC(CCN4CCc5sc(C6(C(F)(F)F)CCC6)nc5C4)CC3)cccc2n1. The van der Waals surface area contributed by atoms with Crippen LogP contribution >= 0.6 is 11.3 Å². The maximum absolute atomic E-state index is 13.8. The van der Waals surface area contributed by atoms with Crippen LogP contribution < -0.4 is 5.32 Å². The molecule has 3 heterocycles. The Morgan fingerprint density at radius 1 is 1.21 bits per heavy atom. The first kappa shape index (κ1) is 25.8. The van der Waals surface area contributed by atoms with Gasteiger partial charge in [-0.3, -0.25) is 14.4 Å². The number of amides is 1. The van der Waals surface area contributed by atoms with Crippen LogP contribution in [0, 0.1) is 5.92 Å². The lowest BCUT2D eigenvalue weighted by Gasteiger charge is -2.41. The van der Waals surface area contributed by atoms with Gasteiger partial charge in [0.15, 0.2) is 0 Å². The van der Waals surface area contributed by atoms with Crippen LogP contribution in [0.5, 0.6) is 0 Å². The monoisotopic (exact) mass is 545 g/mol. The molecule has 2 aliphatic carbocycles. The van der Waals surface area contributed by atoms with E-state index in [0.29, 0.717) is 29.5 Å². The number of thiazole rings is 1. The lowest BCUT2D eigenvalue weighted by Crippen LogP contribution is -2.47. The van der Waals surface area contributed by atoms with Gasteiger partial charge in [-0.1, -0.05) is 12.5 Å². The van der Waals surface area contributed by atoms with E-state index in [1.807, 2.05) is 31.4 Å². The quantitative estimate of drug-likeness (QED) is 0.429. The third-order valence-corrected chi connectivity index (χ3v) is 10.3. The Balaban J connectivity index is 0.986. The van der Waals surface area contributed by atoms with Gasteiger partial charge in [0.1, 0.15) is 10.4 Å². The van der Waals surface area contributed by atoms with Crippen LogP contribution in [0.1, 0.15) is 77.3 Å². The van der Waals surface area contributed by atoms with Crippen molar-refractivity contribution in [2.24, 2.45) is 13.0 Å². The van der Waals surface area contributed by atoms with E-state index in [2.05, 4.69) is 20.3 Å². The maximum Gasteiger partial charge on any atom is 0.400 e. The molecule has 1 aromatic carbocycles. The van der Waals surface area contributed by atoms with E-state index in [4.69, 9.17) is 0 Å². The summed E-state index contributed by atoms with van der Waals surface area (Å²) in [6, 6.07) is 5.83. The molecule has 0 bridgehead atoms. The van der Waals surface area contributed by atoms with Gasteiger partial charge in [0.05, 0.1) is 16.8 Å². The molecule has 1 aliphatic heterocycles. The zero-order valence-electron chi connectivity index (χ0n) is 21.7. The number of rotatable bonds is 6. The van der Waals surface area contributed by atoms with Gasteiger partial charge in [-0.15, -0.1) is 11.3 Å². The van der Waals surface area contributed by atoms with E-state index in [1.165, 1.54) is 11.3 Å². The zero-order chi connectivity index (χ0) is 26.5. The summed E-state index contributed by atoms with van der Waals surface area (Å²) in [7, 11) is 1.86. The second kappa shape index (κ2) is 9.93. The number of carbonyl (C=O) groups excluding carboxylic acids is 1. The van der Waals surface area contributed by atoms with E-state index in [9.17, 15) is 18.0 Å². The van der Waals surface area contributed by atoms with Crippen molar-refractivity contribution in [2.75, 3.05) is 13.1 Å². The van der Waals surface area contributed by atoms with Gasteiger partial charge in [-0.2, -0.15) is 18.3 Å². The second-order valence-electron chi connectivity index (χ2n) is 11.4. The largest absolute Gasteiger partial charge is 0.400 e. The summed E-state index contributed by atoms with van der Waals surface area (Å²) in [6.07, 6.45) is 4.63. The number of aryl methyl sites for hydroxylation is 1. The van der Waals surface area contributed by atoms with Crippen molar-refractivity contribution >= 4 is 28.1 Å². The molecule has 0 saturated heterocycles. The Bertz CT molecular complexity index is 1320. The summed E-state index contributed by atoms with van der Waals surface area (Å²) < 4.78 is 43.1. The van der Waals surface area contributed by atoms with E-state index in [0.717, 1.165) is 73.1 Å². The minimum Gasteiger partial charge on any atom is -0.349 e. The van der Waals surface area contributed by atoms with Crippen molar-refractivity contribution in [1.29, 1.82) is 0 Å². The molecule has 2 aromatic heterocycles. The van der Waals surface area contributed by atoms with Crippen molar-refractivity contribution in [3.8, 4) is 0 Å². The predicted octanol–water partition coefficient (Wildman–Crippen LogP) is 5.75. The molecular weight excluding hydrogens is 511 g/mol. The Hall–Kier alpha value is -2.46. The van der Waals surface area contributed by atoms with E-state index in [1.54, 1.807) is 4.68 Å². The van der Waals surface area contributed by atoms with E-state index < -0.39 is 11.6 Å². The Morgan fingerprint density at radius 3 is 2.71 bits per heavy atom. The zero-order valence-corrected chi connectivity index (χ0v) is 22.5. The van der Waals surface area contributed by atoms with Crippen LogP contribution in [-0.2, 0) is 25.4 Å². The number of alkyl halides is 3. The van der Waals surface area contributed by atoms with Gasteiger partial charge in [0.2, 0.25) is 0 Å². The maximum atomic E-state index is 13.8. The molecule has 3 aliphatic rings. The van der Waals surface area contributed by atoms with Crippen LogP contribution in [0.25, 0.3) is 10.9 Å². The van der Waals surface area contributed by atoms with Gasteiger partial charge in [-0.05, 0) is 76.0 Å². The minimum absolute atomic E-state index is 0.0343. The van der Waals surface area contributed by atoms with Gasteiger partial charge in [-0.25, -0.2) is 4.98 Å². The second-order valence-corrected chi connectivity index (χ2v) is 12.5. The summed E-state index contributed by atoms with van der Waals surface area (Å²) >= 11 is 1.30. The van der Waals surface area contributed by atoms with Crippen molar-refractivity contribution in [3.63, 3.8) is 0 Å². The predicted molar refractivity (Wildman–Crippen MR) is 141 cm³/mol. The highest BCUT2D eigenvalue weighted by atomic mass is 32.1. The number of halogens is 3. The molecule has 0 atom stereocenters. The first-order valence-corrected chi connectivity index (χ1v) is 14.5. The first-order valence-electron chi connectivity index (χ1n) is 13.7. The highest BCUT2D eigenvalue weighted by Gasteiger charge is 2.61. The Kier molecular flexibility index (Phi) is 6.74. The molecule has 2 fully saturated rings. The molecular formula is C28H34F3N5OS. The van der Waals surface area contributed by atoms with Crippen LogP contribution in [0.3, 0.4) is 0 Å². The number of hydrogen-bond donors (Lipinski definition) is 1. The lowest BCUT2D eigenvalue weighted by molar-refractivity contribution is -0.212. The fraction of sp³-hybridized carbons (Fsp3) is 0.607. The topological polar surface area (TPSA) is 63.1 Å². The molecule has 1 amide bonds. The number of carbonyl (C=O) groups is 1. The standard InChI is InChI=1S/C28H34F3N5OS/c1-35-16-21-20(4-2-5-22(21)34-35)25(37)32-19-8-6-18(7-9-19)10-14-36-15-11-24-23(17-36)33-26(38-24)27(12-3-13-27)28(29,30)31/h2,4-5,16,18-19H,3,6-15,17H2,1H3,(H,32,37). The summed E-state index contributed by atoms with van der Waals surface area (Å²) in [5, 5.41) is 8.80. The van der Waals surface area contributed by atoms with Gasteiger partial charge >= 0.3 is 6.18 Å². The molecule has 38 heavy (non-hydrogen) atoms.